The highest BCUT2D eigenvalue weighted by molar-refractivity contribution is 6.30. The van der Waals surface area contributed by atoms with Gasteiger partial charge in [0.15, 0.2) is 0 Å². The number of methoxy groups -OCH3 is 1. The Bertz CT molecular complexity index is 539. The van der Waals surface area contributed by atoms with Gasteiger partial charge in [0, 0.05) is 11.1 Å². The van der Waals surface area contributed by atoms with E-state index in [1.807, 2.05) is 30.3 Å². The topological polar surface area (TPSA) is 35.2 Å². The quantitative estimate of drug-likeness (QED) is 0.876. The Kier molecular flexibility index (Phi) is 5.45. The maximum absolute atomic E-state index is 6.19. The summed E-state index contributed by atoms with van der Waals surface area (Å²) in [5, 5.41) is 0.768. The number of benzene rings is 2. The van der Waals surface area contributed by atoms with Gasteiger partial charge >= 0.3 is 0 Å². The molecule has 0 fully saturated rings. The summed E-state index contributed by atoms with van der Waals surface area (Å²) >= 11 is 5.98. The molecule has 0 radical (unpaired) electrons. The Morgan fingerprint density at radius 3 is 2.50 bits per heavy atom. The first-order valence-electron chi connectivity index (χ1n) is 6.80. The molecular formula is C17H20ClNO. The van der Waals surface area contributed by atoms with Gasteiger partial charge in [0.2, 0.25) is 0 Å². The van der Waals surface area contributed by atoms with Gasteiger partial charge < -0.3 is 10.5 Å². The SMILES string of the molecule is COc1ccc(CCC(N)Cc2cccc(Cl)c2)cc1. The second-order valence-electron chi connectivity index (χ2n) is 4.98. The molecule has 0 aliphatic rings. The molecule has 20 heavy (non-hydrogen) atoms. The molecule has 106 valence electrons. The standard InChI is InChI=1S/C17H20ClNO/c1-20-17-9-6-13(7-10-17)5-8-16(19)12-14-3-2-4-15(18)11-14/h2-4,6-7,9-11,16H,5,8,12,19H2,1H3. The van der Waals surface area contributed by atoms with E-state index in [2.05, 4.69) is 18.2 Å². The maximum atomic E-state index is 6.19. The smallest absolute Gasteiger partial charge is 0.118 e. The average Bonchev–Trinajstić information content (AvgIpc) is 2.46. The summed E-state index contributed by atoms with van der Waals surface area (Å²) in [5.74, 6) is 0.886. The van der Waals surface area contributed by atoms with E-state index in [1.165, 1.54) is 11.1 Å². The molecule has 0 heterocycles. The number of hydrogen-bond acceptors (Lipinski definition) is 2. The van der Waals surface area contributed by atoms with Gasteiger partial charge in [-0.1, -0.05) is 35.9 Å². The number of aryl methyl sites for hydroxylation is 1. The summed E-state index contributed by atoms with van der Waals surface area (Å²) in [4.78, 5) is 0. The minimum absolute atomic E-state index is 0.149. The molecule has 3 heteroatoms. The van der Waals surface area contributed by atoms with Crippen molar-refractivity contribution in [1.82, 2.24) is 0 Å². The van der Waals surface area contributed by atoms with Crippen LogP contribution in [0.3, 0.4) is 0 Å². The Balaban J connectivity index is 1.83. The first-order chi connectivity index (χ1) is 9.67. The van der Waals surface area contributed by atoms with Crippen LogP contribution in [0.4, 0.5) is 0 Å². The van der Waals surface area contributed by atoms with Gasteiger partial charge in [-0.3, -0.25) is 0 Å². The molecule has 0 aromatic heterocycles. The zero-order valence-electron chi connectivity index (χ0n) is 11.7. The highest BCUT2D eigenvalue weighted by Gasteiger charge is 2.05. The Morgan fingerprint density at radius 2 is 1.85 bits per heavy atom. The first-order valence-corrected chi connectivity index (χ1v) is 7.18. The van der Waals surface area contributed by atoms with Gasteiger partial charge in [-0.2, -0.15) is 0 Å². The molecule has 2 nitrogen and oxygen atoms in total. The van der Waals surface area contributed by atoms with Crippen LogP contribution in [0, 0.1) is 0 Å². The van der Waals surface area contributed by atoms with E-state index in [-0.39, 0.29) is 6.04 Å². The van der Waals surface area contributed by atoms with Gasteiger partial charge in [-0.15, -0.1) is 0 Å². The Hall–Kier alpha value is -1.51. The fraction of sp³-hybridized carbons (Fsp3) is 0.294. The van der Waals surface area contributed by atoms with E-state index in [4.69, 9.17) is 22.1 Å². The molecule has 0 aliphatic heterocycles. The molecular weight excluding hydrogens is 270 g/mol. The molecule has 1 unspecified atom stereocenters. The number of halogens is 1. The second-order valence-corrected chi connectivity index (χ2v) is 5.42. The highest BCUT2D eigenvalue weighted by Crippen LogP contribution is 2.15. The predicted molar refractivity (Wildman–Crippen MR) is 84.4 cm³/mol. The number of rotatable bonds is 6. The zero-order chi connectivity index (χ0) is 14.4. The predicted octanol–water partition coefficient (Wildman–Crippen LogP) is 3.85. The van der Waals surface area contributed by atoms with Crippen molar-refractivity contribution in [1.29, 1.82) is 0 Å². The van der Waals surface area contributed by atoms with Gasteiger partial charge in [0.05, 0.1) is 7.11 Å². The Morgan fingerprint density at radius 1 is 1.10 bits per heavy atom. The molecule has 0 amide bonds. The highest BCUT2D eigenvalue weighted by atomic mass is 35.5. The molecule has 2 rings (SSSR count). The molecule has 2 N–H and O–H groups in total. The monoisotopic (exact) mass is 289 g/mol. The van der Waals surface area contributed by atoms with Crippen molar-refractivity contribution in [2.75, 3.05) is 7.11 Å². The minimum atomic E-state index is 0.149. The molecule has 0 saturated heterocycles. The lowest BCUT2D eigenvalue weighted by Gasteiger charge is -2.12. The van der Waals surface area contributed by atoms with E-state index in [1.54, 1.807) is 7.11 Å². The van der Waals surface area contributed by atoms with Crippen molar-refractivity contribution in [2.24, 2.45) is 5.73 Å². The van der Waals surface area contributed by atoms with Crippen molar-refractivity contribution in [3.63, 3.8) is 0 Å². The molecule has 0 aliphatic carbocycles. The normalized spacial score (nSPS) is 12.2. The van der Waals surface area contributed by atoms with Crippen molar-refractivity contribution < 1.29 is 4.74 Å². The van der Waals surface area contributed by atoms with Crippen LogP contribution in [0.1, 0.15) is 17.5 Å². The second kappa shape index (κ2) is 7.32. The Labute approximate surface area is 125 Å². The van der Waals surface area contributed by atoms with Crippen molar-refractivity contribution in [3.05, 3.63) is 64.7 Å². The third-order valence-corrected chi connectivity index (χ3v) is 3.58. The van der Waals surface area contributed by atoms with Crippen molar-refractivity contribution in [2.45, 2.75) is 25.3 Å². The lowest BCUT2D eigenvalue weighted by molar-refractivity contribution is 0.414. The first kappa shape index (κ1) is 14.9. The van der Waals surface area contributed by atoms with Crippen LogP contribution >= 0.6 is 11.6 Å². The summed E-state index contributed by atoms with van der Waals surface area (Å²) in [7, 11) is 1.68. The van der Waals surface area contributed by atoms with Crippen LogP contribution in [-0.2, 0) is 12.8 Å². The summed E-state index contributed by atoms with van der Waals surface area (Å²) in [6, 6.07) is 16.2. The average molecular weight is 290 g/mol. The summed E-state index contributed by atoms with van der Waals surface area (Å²) in [6.07, 6.45) is 2.79. The maximum Gasteiger partial charge on any atom is 0.118 e. The third-order valence-electron chi connectivity index (χ3n) is 3.35. The van der Waals surface area contributed by atoms with E-state index < -0.39 is 0 Å². The summed E-state index contributed by atoms with van der Waals surface area (Å²) < 4.78 is 5.15. The van der Waals surface area contributed by atoms with Crippen LogP contribution in [0.25, 0.3) is 0 Å². The lowest BCUT2D eigenvalue weighted by atomic mass is 10.00. The summed E-state index contributed by atoms with van der Waals surface area (Å²) in [6.45, 7) is 0. The van der Waals surface area contributed by atoms with Crippen LogP contribution < -0.4 is 10.5 Å². The van der Waals surface area contributed by atoms with Gasteiger partial charge in [-0.25, -0.2) is 0 Å². The van der Waals surface area contributed by atoms with E-state index >= 15 is 0 Å². The van der Waals surface area contributed by atoms with Crippen LogP contribution in [-0.4, -0.2) is 13.2 Å². The van der Waals surface area contributed by atoms with E-state index in [0.717, 1.165) is 30.0 Å². The fourth-order valence-electron chi connectivity index (χ4n) is 2.21. The van der Waals surface area contributed by atoms with E-state index in [9.17, 15) is 0 Å². The van der Waals surface area contributed by atoms with Crippen LogP contribution in [0.5, 0.6) is 5.75 Å². The van der Waals surface area contributed by atoms with Crippen molar-refractivity contribution >= 4 is 11.6 Å². The molecule has 0 saturated carbocycles. The summed E-state index contributed by atoms with van der Waals surface area (Å²) in [5.41, 5.74) is 8.67. The largest absolute Gasteiger partial charge is 0.497 e. The van der Waals surface area contributed by atoms with Gasteiger partial charge in [0.25, 0.3) is 0 Å². The molecule has 1 atom stereocenters. The van der Waals surface area contributed by atoms with Gasteiger partial charge in [-0.05, 0) is 54.7 Å². The minimum Gasteiger partial charge on any atom is -0.497 e. The third kappa shape index (κ3) is 4.55. The fourth-order valence-corrected chi connectivity index (χ4v) is 2.43. The molecule has 2 aromatic carbocycles. The molecule has 0 spiro atoms. The van der Waals surface area contributed by atoms with Crippen molar-refractivity contribution in [3.8, 4) is 5.75 Å². The number of ether oxygens (including phenoxy) is 1. The lowest BCUT2D eigenvalue weighted by Crippen LogP contribution is -2.23. The zero-order valence-corrected chi connectivity index (χ0v) is 12.4. The molecule has 0 bridgehead atoms. The number of hydrogen-bond donors (Lipinski definition) is 1. The number of nitrogens with two attached hydrogens (primary N) is 1. The van der Waals surface area contributed by atoms with Crippen LogP contribution in [0.2, 0.25) is 5.02 Å². The van der Waals surface area contributed by atoms with Crippen LogP contribution in [0.15, 0.2) is 48.5 Å². The van der Waals surface area contributed by atoms with E-state index in [0.29, 0.717) is 0 Å². The molecule has 2 aromatic rings. The van der Waals surface area contributed by atoms with Gasteiger partial charge in [0.1, 0.15) is 5.75 Å².